The third-order valence-electron chi connectivity index (χ3n) is 5.68. The molecule has 1 fully saturated rings. The fraction of sp³-hybridized carbons (Fsp3) is 0.444. The maximum Gasteiger partial charge on any atom is 0.239 e. The Morgan fingerprint density at radius 3 is 2.50 bits per heavy atom. The number of hydrogen-bond acceptors (Lipinski definition) is 6. The van der Waals surface area contributed by atoms with Crippen LogP contribution in [0.15, 0.2) is 52.7 Å². The normalized spacial score (nSPS) is 16.9. The number of aryl methyl sites for hydroxylation is 1. The standard InChI is InChI=1S/C27H35N3O3S/c1-4-6-7-8-9-16-33-23-15-14-22(17-24(23)32-3)19-28-30-27-29-26(31)25(34-27)18-21-12-10-20(5-2)11-13-21/h10-15,17,19,25H,4-9,16,18H2,1-3H3,(H,29,30,31). The Balaban J connectivity index is 1.52. The highest BCUT2D eigenvalue weighted by atomic mass is 32.2. The molecule has 0 saturated carbocycles. The fourth-order valence-electron chi connectivity index (χ4n) is 3.63. The van der Waals surface area contributed by atoms with Crippen molar-refractivity contribution in [1.82, 2.24) is 5.32 Å². The predicted octanol–water partition coefficient (Wildman–Crippen LogP) is 5.77. The zero-order valence-electron chi connectivity index (χ0n) is 20.4. The Kier molecular flexibility index (Phi) is 10.5. The number of amidine groups is 1. The van der Waals surface area contributed by atoms with Crippen molar-refractivity contribution in [3.8, 4) is 11.5 Å². The average molecular weight is 482 g/mol. The average Bonchev–Trinajstić information content (AvgIpc) is 3.20. The summed E-state index contributed by atoms with van der Waals surface area (Å²) in [4.78, 5) is 12.3. The van der Waals surface area contributed by atoms with Gasteiger partial charge in [0.05, 0.1) is 25.2 Å². The van der Waals surface area contributed by atoms with Crippen LogP contribution >= 0.6 is 11.8 Å². The zero-order chi connectivity index (χ0) is 24.2. The molecule has 1 heterocycles. The molecular formula is C27H35N3O3S. The molecule has 6 nitrogen and oxygen atoms in total. The minimum Gasteiger partial charge on any atom is -0.493 e. The molecular weight excluding hydrogens is 446 g/mol. The molecule has 1 N–H and O–H groups in total. The molecule has 2 aromatic carbocycles. The second kappa shape index (κ2) is 13.8. The Hall–Kier alpha value is -2.80. The van der Waals surface area contributed by atoms with Gasteiger partial charge in [-0.05, 0) is 54.2 Å². The van der Waals surface area contributed by atoms with Crippen LogP contribution in [0, 0.1) is 0 Å². The molecule has 34 heavy (non-hydrogen) atoms. The summed E-state index contributed by atoms with van der Waals surface area (Å²) in [6.07, 6.45) is 9.31. The van der Waals surface area contributed by atoms with Crippen molar-refractivity contribution < 1.29 is 14.3 Å². The van der Waals surface area contributed by atoms with Crippen LogP contribution in [0.5, 0.6) is 11.5 Å². The molecule has 0 bridgehead atoms. The minimum atomic E-state index is -0.195. The van der Waals surface area contributed by atoms with Crippen LogP contribution in [0.4, 0.5) is 0 Å². The van der Waals surface area contributed by atoms with Gasteiger partial charge in [-0.25, -0.2) is 0 Å². The van der Waals surface area contributed by atoms with Crippen LogP contribution < -0.4 is 14.8 Å². The van der Waals surface area contributed by atoms with Gasteiger partial charge in [-0.3, -0.25) is 4.79 Å². The first-order valence-electron chi connectivity index (χ1n) is 12.1. The lowest BCUT2D eigenvalue weighted by molar-refractivity contribution is -0.118. The number of rotatable bonds is 13. The maximum absolute atomic E-state index is 12.3. The molecule has 2 aromatic rings. The van der Waals surface area contributed by atoms with Crippen LogP contribution in [0.2, 0.25) is 0 Å². The highest BCUT2D eigenvalue weighted by Crippen LogP contribution is 2.28. The van der Waals surface area contributed by atoms with E-state index >= 15 is 0 Å². The summed E-state index contributed by atoms with van der Waals surface area (Å²) in [5.74, 6) is 1.37. The molecule has 1 unspecified atom stereocenters. The Morgan fingerprint density at radius 2 is 1.76 bits per heavy atom. The Bertz CT molecular complexity index is 989. The first-order valence-corrected chi connectivity index (χ1v) is 13.0. The van der Waals surface area contributed by atoms with Gasteiger partial charge < -0.3 is 14.8 Å². The maximum atomic E-state index is 12.3. The number of thioether (sulfide) groups is 1. The summed E-state index contributed by atoms with van der Waals surface area (Å²) in [6, 6.07) is 14.1. The van der Waals surface area contributed by atoms with Crippen molar-refractivity contribution in [2.75, 3.05) is 13.7 Å². The highest BCUT2D eigenvalue weighted by Gasteiger charge is 2.30. The van der Waals surface area contributed by atoms with E-state index in [1.54, 1.807) is 13.3 Å². The van der Waals surface area contributed by atoms with Crippen molar-refractivity contribution in [3.05, 3.63) is 59.2 Å². The van der Waals surface area contributed by atoms with Gasteiger partial charge in [0.15, 0.2) is 16.7 Å². The van der Waals surface area contributed by atoms with Crippen LogP contribution in [0.25, 0.3) is 0 Å². The number of nitrogens with zero attached hydrogens (tertiary/aromatic N) is 2. The lowest BCUT2D eigenvalue weighted by atomic mass is 10.1. The van der Waals surface area contributed by atoms with Crippen LogP contribution in [-0.4, -0.2) is 36.3 Å². The summed E-state index contributed by atoms with van der Waals surface area (Å²) in [6.45, 7) is 5.03. The minimum absolute atomic E-state index is 0.0311. The van der Waals surface area contributed by atoms with E-state index in [9.17, 15) is 4.79 Å². The van der Waals surface area contributed by atoms with Crippen molar-refractivity contribution in [2.45, 2.75) is 64.0 Å². The van der Waals surface area contributed by atoms with Gasteiger partial charge in [-0.2, -0.15) is 5.10 Å². The van der Waals surface area contributed by atoms with Gasteiger partial charge in [-0.1, -0.05) is 75.6 Å². The first kappa shape index (κ1) is 25.8. The summed E-state index contributed by atoms with van der Waals surface area (Å²) in [5.41, 5.74) is 3.28. The SMILES string of the molecule is CCCCCCCOc1ccc(C=N/N=C2\NC(=O)C(Cc3ccc(CC)cc3)S2)cc1OC. The van der Waals surface area contributed by atoms with Crippen molar-refractivity contribution in [3.63, 3.8) is 0 Å². The summed E-state index contributed by atoms with van der Waals surface area (Å²) < 4.78 is 11.4. The van der Waals surface area contributed by atoms with E-state index in [-0.39, 0.29) is 11.2 Å². The molecule has 1 amide bonds. The molecule has 182 valence electrons. The molecule has 1 aliphatic heterocycles. The predicted molar refractivity (Wildman–Crippen MR) is 141 cm³/mol. The summed E-state index contributed by atoms with van der Waals surface area (Å²) >= 11 is 1.42. The lowest BCUT2D eigenvalue weighted by Gasteiger charge is -2.11. The summed E-state index contributed by atoms with van der Waals surface area (Å²) in [5, 5.41) is 11.5. The van der Waals surface area contributed by atoms with Gasteiger partial charge in [0, 0.05) is 0 Å². The molecule has 3 rings (SSSR count). The molecule has 1 aliphatic rings. The smallest absolute Gasteiger partial charge is 0.239 e. The Labute approximate surface area is 207 Å². The van der Waals surface area contributed by atoms with Crippen molar-refractivity contribution >= 4 is 29.1 Å². The largest absolute Gasteiger partial charge is 0.493 e. The topological polar surface area (TPSA) is 72.3 Å². The van der Waals surface area contributed by atoms with E-state index in [0.717, 1.165) is 29.7 Å². The quantitative estimate of drug-likeness (QED) is 0.224. The number of carbonyl (C=O) groups is 1. The number of benzene rings is 2. The van der Waals surface area contributed by atoms with Crippen LogP contribution in [0.3, 0.4) is 0 Å². The monoisotopic (exact) mass is 481 g/mol. The van der Waals surface area contributed by atoms with Crippen molar-refractivity contribution in [2.24, 2.45) is 10.2 Å². The molecule has 0 spiro atoms. The molecule has 1 atom stereocenters. The highest BCUT2D eigenvalue weighted by molar-refractivity contribution is 8.15. The third kappa shape index (κ3) is 7.90. The van der Waals surface area contributed by atoms with E-state index in [4.69, 9.17) is 9.47 Å². The second-order valence-electron chi connectivity index (χ2n) is 8.29. The number of hydrogen-bond donors (Lipinski definition) is 1. The van der Waals surface area contributed by atoms with Gasteiger partial charge in [0.2, 0.25) is 5.91 Å². The molecule has 0 aliphatic carbocycles. The molecule has 0 aromatic heterocycles. The van der Waals surface area contributed by atoms with E-state index in [0.29, 0.717) is 23.9 Å². The Morgan fingerprint density at radius 1 is 1.00 bits per heavy atom. The molecule has 1 saturated heterocycles. The number of methoxy groups -OCH3 is 1. The number of unbranched alkanes of at least 4 members (excludes halogenated alkanes) is 4. The molecule has 7 heteroatoms. The van der Waals surface area contributed by atoms with Crippen LogP contribution in [-0.2, 0) is 17.6 Å². The van der Waals surface area contributed by atoms with Gasteiger partial charge in [-0.15, -0.1) is 5.10 Å². The van der Waals surface area contributed by atoms with Crippen LogP contribution in [0.1, 0.15) is 62.6 Å². The lowest BCUT2D eigenvalue weighted by Crippen LogP contribution is -2.25. The third-order valence-corrected chi connectivity index (χ3v) is 6.75. The van der Waals surface area contributed by atoms with E-state index in [2.05, 4.69) is 53.6 Å². The number of carbonyl (C=O) groups excluding carboxylic acids is 1. The van der Waals surface area contributed by atoms with E-state index in [1.165, 1.54) is 43.0 Å². The zero-order valence-corrected chi connectivity index (χ0v) is 21.2. The van der Waals surface area contributed by atoms with E-state index in [1.807, 2.05) is 18.2 Å². The van der Waals surface area contributed by atoms with E-state index < -0.39 is 0 Å². The number of ether oxygens (including phenoxy) is 2. The first-order chi connectivity index (χ1) is 16.6. The second-order valence-corrected chi connectivity index (χ2v) is 9.48. The number of amides is 1. The van der Waals surface area contributed by atoms with Crippen molar-refractivity contribution in [1.29, 1.82) is 0 Å². The fourth-order valence-corrected chi connectivity index (χ4v) is 4.60. The summed E-state index contributed by atoms with van der Waals surface area (Å²) in [7, 11) is 1.63. The van der Waals surface area contributed by atoms with Gasteiger partial charge >= 0.3 is 0 Å². The number of nitrogens with one attached hydrogen (secondary N) is 1. The van der Waals surface area contributed by atoms with Gasteiger partial charge in [0.25, 0.3) is 0 Å². The molecule has 0 radical (unpaired) electrons. The van der Waals surface area contributed by atoms with Gasteiger partial charge in [0.1, 0.15) is 0 Å².